The Morgan fingerprint density at radius 1 is 1.11 bits per heavy atom. The van der Waals surface area contributed by atoms with Gasteiger partial charge in [0.2, 0.25) is 5.91 Å². The molecule has 1 aliphatic heterocycles. The SMILES string of the molecule is CCC1CC(=O)N(Cc2cccc(NC(=O)c3ccc[nH]3)c2)N=C1c1ccc(OC)c(OC2CCCC2)c1. The van der Waals surface area contributed by atoms with Crippen molar-refractivity contribution in [3.05, 3.63) is 77.6 Å². The Morgan fingerprint density at radius 3 is 2.68 bits per heavy atom. The zero-order valence-electron chi connectivity index (χ0n) is 21.9. The van der Waals surface area contributed by atoms with E-state index in [-0.39, 0.29) is 23.8 Å². The van der Waals surface area contributed by atoms with Crippen molar-refractivity contribution in [1.29, 1.82) is 0 Å². The standard InChI is InChI=1S/C30H34N4O4/c1-3-21-18-28(35)34(19-20-8-6-9-23(16-20)32-30(36)25-12-7-15-31-25)33-29(21)22-13-14-26(37-2)27(17-22)38-24-10-4-5-11-24/h6-9,12-17,21,24,31H,3-5,10-11,18-19H2,1-2H3,(H,32,36). The number of aromatic amines is 1. The Morgan fingerprint density at radius 2 is 1.95 bits per heavy atom. The minimum atomic E-state index is -0.220. The van der Waals surface area contributed by atoms with E-state index in [1.54, 1.807) is 25.4 Å². The normalized spacial score (nSPS) is 17.8. The number of nitrogens with one attached hydrogen (secondary N) is 2. The molecule has 1 unspecified atom stereocenters. The van der Waals surface area contributed by atoms with Crippen LogP contribution in [0.3, 0.4) is 0 Å². The summed E-state index contributed by atoms with van der Waals surface area (Å²) >= 11 is 0. The van der Waals surface area contributed by atoms with Crippen molar-refractivity contribution in [2.75, 3.05) is 12.4 Å². The number of hydrogen-bond acceptors (Lipinski definition) is 5. The number of hydrazone groups is 1. The van der Waals surface area contributed by atoms with Crippen molar-refractivity contribution in [2.45, 2.75) is 58.1 Å². The van der Waals surface area contributed by atoms with E-state index >= 15 is 0 Å². The largest absolute Gasteiger partial charge is 0.493 e. The molecular formula is C30H34N4O4. The highest BCUT2D eigenvalue weighted by molar-refractivity contribution is 6.06. The number of benzene rings is 2. The number of ether oxygens (including phenoxy) is 2. The minimum absolute atomic E-state index is 0.0163. The Kier molecular flexibility index (Phi) is 7.77. The van der Waals surface area contributed by atoms with Gasteiger partial charge in [-0.1, -0.05) is 19.1 Å². The second kappa shape index (κ2) is 11.5. The fraction of sp³-hybridized carbons (Fsp3) is 0.367. The maximum absolute atomic E-state index is 13.1. The molecule has 1 aliphatic carbocycles. The van der Waals surface area contributed by atoms with Gasteiger partial charge in [0.25, 0.3) is 5.91 Å². The number of H-pyrrole nitrogens is 1. The zero-order valence-corrected chi connectivity index (χ0v) is 21.9. The summed E-state index contributed by atoms with van der Waals surface area (Å²) < 4.78 is 11.9. The summed E-state index contributed by atoms with van der Waals surface area (Å²) in [7, 11) is 1.65. The predicted octanol–water partition coefficient (Wildman–Crippen LogP) is 5.76. The Labute approximate surface area is 223 Å². The van der Waals surface area contributed by atoms with Crippen molar-refractivity contribution < 1.29 is 19.1 Å². The van der Waals surface area contributed by atoms with Gasteiger partial charge >= 0.3 is 0 Å². The van der Waals surface area contributed by atoms with Crippen molar-refractivity contribution in [3.8, 4) is 11.5 Å². The molecule has 0 spiro atoms. The molecule has 38 heavy (non-hydrogen) atoms. The maximum atomic E-state index is 13.1. The molecule has 1 fully saturated rings. The Balaban J connectivity index is 1.38. The number of aromatic nitrogens is 1. The van der Waals surface area contributed by atoms with Crippen LogP contribution in [-0.2, 0) is 11.3 Å². The smallest absolute Gasteiger partial charge is 0.272 e. The van der Waals surface area contributed by atoms with Crippen molar-refractivity contribution in [2.24, 2.45) is 11.0 Å². The van der Waals surface area contributed by atoms with Crippen LogP contribution in [0.15, 0.2) is 65.9 Å². The highest BCUT2D eigenvalue weighted by Crippen LogP contribution is 2.34. The molecule has 2 amide bonds. The van der Waals surface area contributed by atoms with Gasteiger partial charge in [-0.05, 0) is 80.1 Å². The van der Waals surface area contributed by atoms with Crippen LogP contribution >= 0.6 is 0 Å². The Hall–Kier alpha value is -4.07. The molecular weight excluding hydrogens is 480 g/mol. The number of hydrogen-bond donors (Lipinski definition) is 2. The van der Waals surface area contributed by atoms with Gasteiger partial charge in [0, 0.05) is 29.8 Å². The van der Waals surface area contributed by atoms with Gasteiger partial charge in [-0.3, -0.25) is 9.59 Å². The van der Waals surface area contributed by atoms with Crippen molar-refractivity contribution in [1.82, 2.24) is 9.99 Å². The quantitative estimate of drug-likeness (QED) is 0.379. The second-order valence-electron chi connectivity index (χ2n) is 9.87. The fourth-order valence-corrected chi connectivity index (χ4v) is 5.14. The summed E-state index contributed by atoms with van der Waals surface area (Å²) in [6, 6.07) is 16.9. The van der Waals surface area contributed by atoms with Gasteiger partial charge in [-0.15, -0.1) is 0 Å². The van der Waals surface area contributed by atoms with E-state index in [1.165, 1.54) is 17.9 Å². The van der Waals surface area contributed by atoms with Crippen LogP contribution in [0.5, 0.6) is 11.5 Å². The highest BCUT2D eigenvalue weighted by atomic mass is 16.5. The van der Waals surface area contributed by atoms with Gasteiger partial charge in [-0.2, -0.15) is 5.10 Å². The van der Waals surface area contributed by atoms with E-state index in [9.17, 15) is 9.59 Å². The highest BCUT2D eigenvalue weighted by Gasteiger charge is 2.30. The lowest BCUT2D eigenvalue weighted by atomic mass is 9.89. The molecule has 0 radical (unpaired) electrons. The lowest BCUT2D eigenvalue weighted by Gasteiger charge is -2.29. The molecule has 198 valence electrons. The van der Waals surface area contributed by atoms with Gasteiger partial charge in [0.05, 0.1) is 25.5 Å². The topological polar surface area (TPSA) is 96.0 Å². The summed E-state index contributed by atoms with van der Waals surface area (Å²) in [4.78, 5) is 28.4. The van der Waals surface area contributed by atoms with Crippen LogP contribution in [0.2, 0.25) is 0 Å². The van der Waals surface area contributed by atoms with E-state index in [0.29, 0.717) is 30.1 Å². The second-order valence-corrected chi connectivity index (χ2v) is 9.87. The average molecular weight is 515 g/mol. The van der Waals surface area contributed by atoms with Crippen LogP contribution in [0.25, 0.3) is 0 Å². The summed E-state index contributed by atoms with van der Waals surface area (Å²) in [5.74, 6) is 1.22. The maximum Gasteiger partial charge on any atom is 0.272 e. The molecule has 2 heterocycles. The van der Waals surface area contributed by atoms with Crippen molar-refractivity contribution in [3.63, 3.8) is 0 Å². The fourth-order valence-electron chi connectivity index (χ4n) is 5.14. The van der Waals surface area contributed by atoms with Crippen LogP contribution in [0, 0.1) is 5.92 Å². The molecule has 2 aromatic carbocycles. The molecule has 2 aliphatic rings. The third-order valence-electron chi connectivity index (χ3n) is 7.23. The number of nitrogens with zero attached hydrogens (tertiary/aromatic N) is 2. The molecule has 3 aromatic rings. The van der Waals surface area contributed by atoms with E-state index in [1.807, 2.05) is 42.5 Å². The van der Waals surface area contributed by atoms with Gasteiger partial charge in [-0.25, -0.2) is 5.01 Å². The molecule has 1 atom stereocenters. The van der Waals surface area contributed by atoms with Gasteiger partial charge in [0.15, 0.2) is 11.5 Å². The van der Waals surface area contributed by atoms with Crippen molar-refractivity contribution >= 4 is 23.2 Å². The molecule has 0 saturated heterocycles. The van der Waals surface area contributed by atoms with Crippen LogP contribution in [0.4, 0.5) is 5.69 Å². The molecule has 1 aromatic heterocycles. The first kappa shape index (κ1) is 25.6. The average Bonchev–Trinajstić information content (AvgIpc) is 3.65. The summed E-state index contributed by atoms with van der Waals surface area (Å²) in [5, 5.41) is 9.28. The Bertz CT molecular complexity index is 1310. The van der Waals surface area contributed by atoms with Crippen LogP contribution in [-0.4, -0.2) is 40.7 Å². The number of carbonyl (C=O) groups is 2. The number of rotatable bonds is 9. The minimum Gasteiger partial charge on any atom is -0.493 e. The monoisotopic (exact) mass is 514 g/mol. The van der Waals surface area contributed by atoms with E-state index in [2.05, 4.69) is 17.2 Å². The number of amides is 2. The predicted molar refractivity (Wildman–Crippen MR) is 147 cm³/mol. The summed E-state index contributed by atoms with van der Waals surface area (Å²) in [5.41, 5.74) is 3.83. The lowest BCUT2D eigenvalue weighted by Crippen LogP contribution is -2.36. The first-order valence-electron chi connectivity index (χ1n) is 13.3. The molecule has 0 bridgehead atoms. The molecule has 2 N–H and O–H groups in total. The van der Waals surface area contributed by atoms with E-state index in [4.69, 9.17) is 14.6 Å². The molecule has 1 saturated carbocycles. The zero-order chi connectivity index (χ0) is 26.5. The van der Waals surface area contributed by atoms with Gasteiger partial charge < -0.3 is 19.8 Å². The molecule has 5 rings (SSSR count). The summed E-state index contributed by atoms with van der Waals surface area (Å²) in [6.07, 6.45) is 7.59. The lowest BCUT2D eigenvalue weighted by molar-refractivity contribution is -0.133. The third-order valence-corrected chi connectivity index (χ3v) is 7.23. The van der Waals surface area contributed by atoms with E-state index in [0.717, 1.165) is 41.9 Å². The van der Waals surface area contributed by atoms with Crippen LogP contribution < -0.4 is 14.8 Å². The first-order chi connectivity index (χ1) is 18.5. The third kappa shape index (κ3) is 5.74. The molecule has 8 nitrogen and oxygen atoms in total. The number of anilines is 1. The summed E-state index contributed by atoms with van der Waals surface area (Å²) in [6.45, 7) is 2.39. The molecule has 8 heteroatoms. The van der Waals surface area contributed by atoms with Crippen LogP contribution in [0.1, 0.15) is 67.1 Å². The van der Waals surface area contributed by atoms with Gasteiger partial charge in [0.1, 0.15) is 5.69 Å². The number of carbonyl (C=O) groups excluding carboxylic acids is 2. The van der Waals surface area contributed by atoms with E-state index < -0.39 is 0 Å². The first-order valence-corrected chi connectivity index (χ1v) is 13.3. The number of methoxy groups -OCH3 is 1.